The van der Waals surface area contributed by atoms with Gasteiger partial charge in [-0.1, -0.05) is 17.8 Å². The predicted molar refractivity (Wildman–Crippen MR) is 128 cm³/mol. The summed E-state index contributed by atoms with van der Waals surface area (Å²) in [5.41, 5.74) is 0.544. The highest BCUT2D eigenvalue weighted by atomic mass is 32.2. The number of thioether (sulfide) groups is 1. The third-order valence-electron chi connectivity index (χ3n) is 4.79. The quantitative estimate of drug-likeness (QED) is 0.243. The standard InChI is InChI=1S/C24H28N4O4S/c1-5-14-28-22(17(2)25-23(29)18-6-8-19(30-3)9-7-18)26-27-24(28)33-16-15-32-21-12-10-20(31-4)11-13-21/h5-13,17H,1,14-16H2,2-4H3,(H,25,29)/t17-/m1/s1. The topological polar surface area (TPSA) is 87.5 Å². The van der Waals surface area contributed by atoms with Crippen molar-refractivity contribution in [3.05, 3.63) is 72.6 Å². The van der Waals surface area contributed by atoms with Crippen LogP contribution >= 0.6 is 11.8 Å². The summed E-state index contributed by atoms with van der Waals surface area (Å²) in [6.07, 6.45) is 1.78. The van der Waals surface area contributed by atoms with E-state index in [9.17, 15) is 4.79 Å². The summed E-state index contributed by atoms with van der Waals surface area (Å²) in [5.74, 6) is 3.42. The van der Waals surface area contributed by atoms with E-state index in [1.54, 1.807) is 44.6 Å². The van der Waals surface area contributed by atoms with Gasteiger partial charge in [-0.3, -0.25) is 4.79 Å². The summed E-state index contributed by atoms with van der Waals surface area (Å²) in [6, 6.07) is 14.1. The minimum atomic E-state index is -0.336. The van der Waals surface area contributed by atoms with Gasteiger partial charge in [-0.2, -0.15) is 0 Å². The summed E-state index contributed by atoms with van der Waals surface area (Å²) in [5, 5.41) is 12.4. The number of carbonyl (C=O) groups is 1. The largest absolute Gasteiger partial charge is 0.497 e. The predicted octanol–water partition coefficient (Wildman–Crippen LogP) is 4.14. The van der Waals surface area contributed by atoms with Crippen LogP contribution in [0.4, 0.5) is 0 Å². The monoisotopic (exact) mass is 468 g/mol. The molecule has 1 N–H and O–H groups in total. The second kappa shape index (κ2) is 12.0. The fourth-order valence-corrected chi connectivity index (χ4v) is 3.85. The second-order valence-corrected chi connectivity index (χ2v) is 8.10. The molecule has 1 amide bonds. The molecule has 0 saturated heterocycles. The molecule has 2 aromatic carbocycles. The van der Waals surface area contributed by atoms with E-state index in [1.807, 2.05) is 35.8 Å². The van der Waals surface area contributed by atoms with Gasteiger partial charge >= 0.3 is 0 Å². The molecule has 33 heavy (non-hydrogen) atoms. The maximum Gasteiger partial charge on any atom is 0.251 e. The number of hydrogen-bond acceptors (Lipinski definition) is 7. The molecule has 1 aromatic heterocycles. The molecule has 0 saturated carbocycles. The average molecular weight is 469 g/mol. The number of carbonyl (C=O) groups excluding carboxylic acids is 1. The van der Waals surface area contributed by atoms with Gasteiger partial charge < -0.3 is 24.1 Å². The molecule has 0 spiro atoms. The highest BCUT2D eigenvalue weighted by Crippen LogP contribution is 2.22. The van der Waals surface area contributed by atoms with Crippen molar-refractivity contribution >= 4 is 17.7 Å². The van der Waals surface area contributed by atoms with Crippen LogP contribution in [0.5, 0.6) is 17.2 Å². The first-order valence-electron chi connectivity index (χ1n) is 10.4. The van der Waals surface area contributed by atoms with Crippen molar-refractivity contribution in [3.8, 4) is 17.2 Å². The molecular formula is C24H28N4O4S. The van der Waals surface area contributed by atoms with Crippen LogP contribution in [0.3, 0.4) is 0 Å². The number of hydrogen-bond donors (Lipinski definition) is 1. The molecular weight excluding hydrogens is 440 g/mol. The Morgan fingerprint density at radius 1 is 1.06 bits per heavy atom. The third-order valence-corrected chi connectivity index (χ3v) is 5.72. The molecule has 0 fully saturated rings. The summed E-state index contributed by atoms with van der Waals surface area (Å²) in [6.45, 7) is 6.76. The Labute approximate surface area is 198 Å². The molecule has 1 atom stereocenters. The number of allylic oxidation sites excluding steroid dienone is 1. The molecule has 0 aliphatic carbocycles. The zero-order valence-corrected chi connectivity index (χ0v) is 19.8. The number of amides is 1. The number of ether oxygens (including phenoxy) is 3. The number of methoxy groups -OCH3 is 2. The first-order valence-corrected chi connectivity index (χ1v) is 11.4. The molecule has 0 aliphatic rings. The Kier molecular flexibility index (Phi) is 8.77. The molecule has 0 unspecified atom stereocenters. The van der Waals surface area contributed by atoms with Crippen LogP contribution in [-0.4, -0.2) is 47.3 Å². The van der Waals surface area contributed by atoms with Crippen molar-refractivity contribution < 1.29 is 19.0 Å². The van der Waals surface area contributed by atoms with Crippen LogP contribution in [0.2, 0.25) is 0 Å². The number of rotatable bonds is 12. The van der Waals surface area contributed by atoms with E-state index < -0.39 is 0 Å². The maximum atomic E-state index is 12.6. The van der Waals surface area contributed by atoms with Crippen molar-refractivity contribution in [2.75, 3.05) is 26.6 Å². The van der Waals surface area contributed by atoms with Crippen molar-refractivity contribution in [1.29, 1.82) is 0 Å². The number of nitrogens with zero attached hydrogens (tertiary/aromatic N) is 3. The van der Waals surface area contributed by atoms with Crippen LogP contribution in [0.1, 0.15) is 29.1 Å². The van der Waals surface area contributed by atoms with Crippen molar-refractivity contribution in [2.24, 2.45) is 0 Å². The fraction of sp³-hybridized carbons (Fsp3) is 0.292. The van der Waals surface area contributed by atoms with Crippen molar-refractivity contribution in [2.45, 2.75) is 24.7 Å². The highest BCUT2D eigenvalue weighted by Gasteiger charge is 2.20. The smallest absolute Gasteiger partial charge is 0.251 e. The van der Waals surface area contributed by atoms with Gasteiger partial charge in [0.25, 0.3) is 5.91 Å². The van der Waals surface area contributed by atoms with Crippen molar-refractivity contribution in [1.82, 2.24) is 20.1 Å². The zero-order valence-electron chi connectivity index (χ0n) is 19.0. The van der Waals surface area contributed by atoms with Gasteiger partial charge in [0.15, 0.2) is 11.0 Å². The molecule has 0 aliphatic heterocycles. The van der Waals surface area contributed by atoms with Gasteiger partial charge in [0.05, 0.1) is 26.9 Å². The number of aromatic nitrogens is 3. The van der Waals surface area contributed by atoms with Crippen molar-refractivity contribution in [3.63, 3.8) is 0 Å². The fourth-order valence-electron chi connectivity index (χ4n) is 3.08. The summed E-state index contributed by atoms with van der Waals surface area (Å²) in [7, 11) is 3.22. The molecule has 0 radical (unpaired) electrons. The molecule has 1 heterocycles. The summed E-state index contributed by atoms with van der Waals surface area (Å²) in [4.78, 5) is 12.6. The van der Waals surface area contributed by atoms with E-state index in [4.69, 9.17) is 14.2 Å². The van der Waals surface area contributed by atoms with E-state index in [-0.39, 0.29) is 11.9 Å². The molecule has 174 valence electrons. The minimum absolute atomic E-state index is 0.194. The average Bonchev–Trinajstić information content (AvgIpc) is 3.25. The van der Waals surface area contributed by atoms with E-state index >= 15 is 0 Å². The molecule has 9 heteroatoms. The minimum Gasteiger partial charge on any atom is -0.497 e. The van der Waals surface area contributed by atoms with Gasteiger partial charge in [0, 0.05) is 17.9 Å². The van der Waals surface area contributed by atoms with Gasteiger partial charge in [-0.15, -0.1) is 16.8 Å². The van der Waals surface area contributed by atoms with Gasteiger partial charge in [0.1, 0.15) is 17.2 Å². The number of benzene rings is 2. The first-order chi connectivity index (χ1) is 16.0. The maximum absolute atomic E-state index is 12.6. The molecule has 8 nitrogen and oxygen atoms in total. The molecule has 3 rings (SSSR count). The van der Waals surface area contributed by atoms with Crippen LogP contribution in [0.25, 0.3) is 0 Å². The SMILES string of the molecule is C=CCn1c(SCCOc2ccc(OC)cc2)nnc1[C@@H](C)NC(=O)c1ccc(OC)cc1. The Bertz CT molecular complexity index is 1050. The van der Waals surface area contributed by atoms with Gasteiger partial charge in [-0.25, -0.2) is 0 Å². The third kappa shape index (κ3) is 6.52. The highest BCUT2D eigenvalue weighted by molar-refractivity contribution is 7.99. The normalized spacial score (nSPS) is 11.5. The van der Waals surface area contributed by atoms with E-state index in [0.29, 0.717) is 36.0 Å². The Morgan fingerprint density at radius 2 is 1.67 bits per heavy atom. The molecule has 3 aromatic rings. The van der Waals surface area contributed by atoms with E-state index in [0.717, 1.165) is 16.7 Å². The lowest BCUT2D eigenvalue weighted by Gasteiger charge is -2.15. The molecule has 0 bridgehead atoms. The van der Waals surface area contributed by atoms with Gasteiger partial charge in [-0.05, 0) is 55.5 Å². The lowest BCUT2D eigenvalue weighted by Crippen LogP contribution is -2.28. The second-order valence-electron chi connectivity index (χ2n) is 7.04. The van der Waals surface area contributed by atoms with Gasteiger partial charge in [0.2, 0.25) is 0 Å². The first kappa shape index (κ1) is 24.2. The number of nitrogens with one attached hydrogen (secondary N) is 1. The summed E-state index contributed by atoms with van der Waals surface area (Å²) < 4.78 is 18.0. The van der Waals surface area contributed by atoms with E-state index in [2.05, 4.69) is 22.1 Å². The van der Waals surface area contributed by atoms with Crippen LogP contribution in [-0.2, 0) is 6.54 Å². The van der Waals surface area contributed by atoms with Crippen LogP contribution < -0.4 is 19.5 Å². The zero-order chi connectivity index (χ0) is 23.6. The Hall–Kier alpha value is -3.46. The van der Waals surface area contributed by atoms with Crippen LogP contribution in [0.15, 0.2) is 66.3 Å². The Balaban J connectivity index is 1.58. The lowest BCUT2D eigenvalue weighted by atomic mass is 10.2. The van der Waals surface area contributed by atoms with Crippen LogP contribution in [0, 0.1) is 0 Å². The van der Waals surface area contributed by atoms with E-state index in [1.165, 1.54) is 11.8 Å². The lowest BCUT2D eigenvalue weighted by molar-refractivity contribution is 0.0937. The Morgan fingerprint density at radius 3 is 2.27 bits per heavy atom. The summed E-state index contributed by atoms with van der Waals surface area (Å²) >= 11 is 1.54.